The molecule has 1 atom stereocenters. The van der Waals surface area contributed by atoms with Gasteiger partial charge in [0.05, 0.1) is 11.0 Å². The molecule has 1 saturated heterocycles. The summed E-state index contributed by atoms with van der Waals surface area (Å²) in [6.07, 6.45) is 4.85. The molecule has 0 aliphatic carbocycles. The van der Waals surface area contributed by atoms with Crippen LogP contribution in [0.2, 0.25) is 0 Å². The van der Waals surface area contributed by atoms with Crippen LogP contribution in [-0.4, -0.2) is 44.9 Å². The van der Waals surface area contributed by atoms with Crippen molar-refractivity contribution in [1.82, 2.24) is 14.9 Å². The number of carboxylic acids is 1. The summed E-state index contributed by atoms with van der Waals surface area (Å²) >= 11 is 0. The van der Waals surface area contributed by atoms with Gasteiger partial charge in [-0.3, -0.25) is 9.59 Å². The Morgan fingerprint density at radius 1 is 1.25 bits per heavy atom. The van der Waals surface area contributed by atoms with Gasteiger partial charge in [0.2, 0.25) is 0 Å². The number of hydrogen-bond acceptors (Lipinski definition) is 4. The fourth-order valence-corrected chi connectivity index (χ4v) is 2.80. The maximum absolute atomic E-state index is 14.4. The summed E-state index contributed by atoms with van der Waals surface area (Å²) in [6, 6.07) is 4.30. The predicted molar refractivity (Wildman–Crippen MR) is 83.7 cm³/mol. The van der Waals surface area contributed by atoms with Crippen molar-refractivity contribution in [2.24, 2.45) is 5.41 Å². The molecule has 6 nitrogen and oxygen atoms in total. The number of amides is 1. The van der Waals surface area contributed by atoms with Crippen molar-refractivity contribution in [3.63, 3.8) is 0 Å². The lowest BCUT2D eigenvalue weighted by molar-refractivity contribution is -0.147. The highest BCUT2D eigenvalue weighted by molar-refractivity contribution is 5.95. The number of hydrogen-bond donors (Lipinski definition) is 1. The Morgan fingerprint density at radius 2 is 1.96 bits per heavy atom. The van der Waals surface area contributed by atoms with Gasteiger partial charge < -0.3 is 10.0 Å². The molecule has 1 aromatic heterocycles. The average Bonchev–Trinajstić information content (AvgIpc) is 2.99. The highest BCUT2D eigenvalue weighted by Gasteiger charge is 2.42. The van der Waals surface area contributed by atoms with Crippen LogP contribution in [0.15, 0.2) is 36.9 Å². The van der Waals surface area contributed by atoms with Crippen LogP contribution in [0.4, 0.5) is 4.39 Å². The molecule has 7 heteroatoms. The molecule has 124 valence electrons. The Kier molecular flexibility index (Phi) is 4.01. The van der Waals surface area contributed by atoms with Gasteiger partial charge in [-0.2, -0.15) is 0 Å². The third kappa shape index (κ3) is 2.84. The topological polar surface area (TPSA) is 83.4 Å². The second-order valence-corrected chi connectivity index (χ2v) is 6.16. The summed E-state index contributed by atoms with van der Waals surface area (Å²) in [4.78, 5) is 32.9. The number of carbonyl (C=O) groups excluding carboxylic acids is 1. The molecular formula is C17H16FN3O3. The molecular weight excluding hydrogens is 313 g/mol. The molecule has 1 aliphatic rings. The van der Waals surface area contributed by atoms with Crippen LogP contribution >= 0.6 is 0 Å². The summed E-state index contributed by atoms with van der Waals surface area (Å²) in [6.45, 7) is 1.97. The molecule has 1 unspecified atom stereocenters. The van der Waals surface area contributed by atoms with Gasteiger partial charge in [-0.15, -0.1) is 0 Å². The molecule has 0 saturated carbocycles. The largest absolute Gasteiger partial charge is 0.481 e. The molecule has 1 aliphatic heterocycles. The van der Waals surface area contributed by atoms with Crippen LogP contribution in [0, 0.1) is 11.2 Å². The fraction of sp³-hybridized carbons (Fsp3) is 0.294. The van der Waals surface area contributed by atoms with Crippen LogP contribution < -0.4 is 0 Å². The zero-order valence-corrected chi connectivity index (χ0v) is 13.1. The molecule has 2 heterocycles. The van der Waals surface area contributed by atoms with E-state index in [1.165, 1.54) is 23.4 Å². The third-order valence-electron chi connectivity index (χ3n) is 4.37. The number of aliphatic carboxylic acids is 1. The van der Waals surface area contributed by atoms with Crippen LogP contribution in [0.3, 0.4) is 0 Å². The molecule has 0 radical (unpaired) electrons. The first kappa shape index (κ1) is 16.0. The number of benzene rings is 1. The molecule has 2 aromatic rings. The normalized spacial score (nSPS) is 20.2. The summed E-state index contributed by atoms with van der Waals surface area (Å²) in [7, 11) is 0. The van der Waals surface area contributed by atoms with Crippen molar-refractivity contribution >= 4 is 11.9 Å². The number of carboxylic acid groups (broad SMARTS) is 1. The third-order valence-corrected chi connectivity index (χ3v) is 4.37. The van der Waals surface area contributed by atoms with E-state index in [0.29, 0.717) is 24.1 Å². The summed E-state index contributed by atoms with van der Waals surface area (Å²) < 4.78 is 14.4. The number of aromatic nitrogens is 2. The second-order valence-electron chi connectivity index (χ2n) is 6.16. The Hall–Kier alpha value is -2.83. The number of rotatable bonds is 3. The van der Waals surface area contributed by atoms with Crippen LogP contribution in [0.1, 0.15) is 23.7 Å². The molecule has 0 bridgehead atoms. The van der Waals surface area contributed by atoms with Crippen LogP contribution in [0.25, 0.3) is 11.1 Å². The second kappa shape index (κ2) is 5.99. The van der Waals surface area contributed by atoms with E-state index in [2.05, 4.69) is 9.97 Å². The number of carbonyl (C=O) groups is 2. The Balaban J connectivity index is 1.83. The molecule has 1 amide bonds. The van der Waals surface area contributed by atoms with Gasteiger partial charge in [-0.25, -0.2) is 14.4 Å². The first-order valence-corrected chi connectivity index (χ1v) is 7.48. The smallest absolute Gasteiger partial charge is 0.311 e. The van der Waals surface area contributed by atoms with Crippen molar-refractivity contribution in [1.29, 1.82) is 0 Å². The molecule has 1 N–H and O–H groups in total. The van der Waals surface area contributed by atoms with E-state index in [-0.39, 0.29) is 12.1 Å². The van der Waals surface area contributed by atoms with E-state index in [0.717, 1.165) is 0 Å². The average molecular weight is 329 g/mol. The molecule has 1 fully saturated rings. The van der Waals surface area contributed by atoms with E-state index in [9.17, 15) is 19.1 Å². The van der Waals surface area contributed by atoms with Crippen molar-refractivity contribution in [3.05, 3.63) is 48.3 Å². The van der Waals surface area contributed by atoms with E-state index >= 15 is 0 Å². The molecule has 24 heavy (non-hydrogen) atoms. The van der Waals surface area contributed by atoms with Crippen LogP contribution in [0.5, 0.6) is 0 Å². The monoisotopic (exact) mass is 329 g/mol. The minimum Gasteiger partial charge on any atom is -0.481 e. The van der Waals surface area contributed by atoms with Crippen LogP contribution in [-0.2, 0) is 4.79 Å². The number of nitrogens with zero attached hydrogens (tertiary/aromatic N) is 3. The maximum atomic E-state index is 14.4. The predicted octanol–water partition coefficient (Wildman–Crippen LogP) is 2.22. The Bertz CT molecular complexity index is 797. The Labute approximate surface area is 138 Å². The molecule has 3 rings (SSSR count). The number of halogens is 1. The van der Waals surface area contributed by atoms with Crippen molar-refractivity contribution in [2.75, 3.05) is 13.1 Å². The summed E-state index contributed by atoms with van der Waals surface area (Å²) in [5.74, 6) is -2.09. The van der Waals surface area contributed by atoms with E-state index in [1.807, 2.05) is 0 Å². The van der Waals surface area contributed by atoms with Crippen molar-refractivity contribution < 1.29 is 19.1 Å². The van der Waals surface area contributed by atoms with Gasteiger partial charge in [0.1, 0.15) is 12.1 Å². The fourth-order valence-electron chi connectivity index (χ4n) is 2.80. The standard InChI is InChI=1S/C17H16FN3O3/c1-17(16(23)24)4-5-21(9-17)15(22)13-3-2-11(6-14(13)18)12-7-19-10-20-8-12/h2-3,6-8,10H,4-5,9H2,1H3,(H,23,24). The lowest BCUT2D eigenvalue weighted by atomic mass is 9.90. The van der Waals surface area contributed by atoms with Gasteiger partial charge in [-0.05, 0) is 31.0 Å². The van der Waals surface area contributed by atoms with Gasteiger partial charge in [0.15, 0.2) is 0 Å². The van der Waals surface area contributed by atoms with E-state index in [4.69, 9.17) is 0 Å². The molecule has 0 spiro atoms. The molecule has 1 aromatic carbocycles. The van der Waals surface area contributed by atoms with E-state index < -0.39 is 23.1 Å². The Morgan fingerprint density at radius 3 is 2.54 bits per heavy atom. The highest BCUT2D eigenvalue weighted by Crippen LogP contribution is 2.31. The van der Waals surface area contributed by atoms with E-state index in [1.54, 1.807) is 25.4 Å². The minimum absolute atomic E-state index is 0.0646. The van der Waals surface area contributed by atoms with Crippen molar-refractivity contribution in [3.8, 4) is 11.1 Å². The lowest BCUT2D eigenvalue weighted by Gasteiger charge is -2.20. The zero-order chi connectivity index (χ0) is 17.3. The quantitative estimate of drug-likeness (QED) is 0.933. The minimum atomic E-state index is -0.979. The summed E-state index contributed by atoms with van der Waals surface area (Å²) in [5, 5.41) is 9.24. The van der Waals surface area contributed by atoms with Gasteiger partial charge in [0, 0.05) is 31.0 Å². The first-order valence-electron chi connectivity index (χ1n) is 7.48. The highest BCUT2D eigenvalue weighted by atomic mass is 19.1. The van der Waals surface area contributed by atoms with Gasteiger partial charge in [0.25, 0.3) is 5.91 Å². The maximum Gasteiger partial charge on any atom is 0.311 e. The zero-order valence-electron chi connectivity index (χ0n) is 13.1. The summed E-state index contributed by atoms with van der Waals surface area (Å²) in [5.41, 5.74) is 0.176. The lowest BCUT2D eigenvalue weighted by Crippen LogP contribution is -2.35. The SMILES string of the molecule is CC1(C(=O)O)CCN(C(=O)c2ccc(-c3cncnc3)cc2F)C1. The number of likely N-dealkylation sites (tertiary alicyclic amines) is 1. The van der Waals surface area contributed by atoms with Gasteiger partial charge in [-0.1, -0.05) is 6.07 Å². The first-order chi connectivity index (χ1) is 11.4. The van der Waals surface area contributed by atoms with Crippen molar-refractivity contribution in [2.45, 2.75) is 13.3 Å². The van der Waals surface area contributed by atoms with Gasteiger partial charge >= 0.3 is 5.97 Å².